The van der Waals surface area contributed by atoms with E-state index in [-0.39, 0.29) is 11.9 Å². The van der Waals surface area contributed by atoms with Gasteiger partial charge in [-0.2, -0.15) is 0 Å². The predicted octanol–water partition coefficient (Wildman–Crippen LogP) is 3.21. The molecule has 0 fully saturated rings. The van der Waals surface area contributed by atoms with Crippen LogP contribution in [0.3, 0.4) is 0 Å². The number of fused-ring (bicyclic) bond motifs is 1. The quantitative estimate of drug-likeness (QED) is 0.934. The molecule has 1 aliphatic carbocycles. The highest BCUT2D eigenvalue weighted by atomic mass is 16.1. The van der Waals surface area contributed by atoms with Crippen molar-refractivity contribution >= 4 is 5.91 Å². The maximum Gasteiger partial charge on any atom is 0.220 e. The van der Waals surface area contributed by atoms with Crippen molar-refractivity contribution in [2.45, 2.75) is 38.1 Å². The normalized spacial score (nSPS) is 17.0. The van der Waals surface area contributed by atoms with Crippen molar-refractivity contribution in [3.8, 4) is 0 Å². The molecule has 0 spiro atoms. The number of nitrogens with zero attached hydrogens (tertiary/aromatic N) is 1. The molecule has 1 aromatic heterocycles. The lowest BCUT2D eigenvalue weighted by atomic mass is 9.87. The maximum atomic E-state index is 12.2. The van der Waals surface area contributed by atoms with E-state index in [1.54, 1.807) is 6.20 Å². The summed E-state index contributed by atoms with van der Waals surface area (Å²) in [5.41, 5.74) is 3.77. The highest BCUT2D eigenvalue weighted by Crippen LogP contribution is 2.29. The lowest BCUT2D eigenvalue weighted by Gasteiger charge is -2.26. The number of aromatic nitrogens is 1. The summed E-state index contributed by atoms with van der Waals surface area (Å²) in [5.74, 6) is 0.126. The first-order chi connectivity index (χ1) is 10.3. The molecule has 0 bridgehead atoms. The molecule has 0 unspecified atom stereocenters. The minimum absolute atomic E-state index is 0.126. The van der Waals surface area contributed by atoms with Crippen LogP contribution >= 0.6 is 0 Å². The third-order valence-corrected chi connectivity index (χ3v) is 4.07. The zero-order chi connectivity index (χ0) is 14.5. The average Bonchev–Trinajstić information content (AvgIpc) is 2.54. The van der Waals surface area contributed by atoms with Gasteiger partial charge >= 0.3 is 0 Å². The summed E-state index contributed by atoms with van der Waals surface area (Å²) in [4.78, 5) is 16.2. The van der Waals surface area contributed by atoms with Gasteiger partial charge in [0.25, 0.3) is 0 Å². The second-order valence-corrected chi connectivity index (χ2v) is 5.57. The monoisotopic (exact) mass is 280 g/mol. The molecule has 3 nitrogen and oxygen atoms in total. The summed E-state index contributed by atoms with van der Waals surface area (Å²) in [6, 6.07) is 12.5. The lowest BCUT2D eigenvalue weighted by Crippen LogP contribution is -2.31. The number of carbonyl (C=O) groups is 1. The number of pyridine rings is 1. The van der Waals surface area contributed by atoms with E-state index in [1.165, 1.54) is 11.1 Å². The number of hydrogen-bond donors (Lipinski definition) is 1. The fourth-order valence-electron chi connectivity index (χ4n) is 2.97. The van der Waals surface area contributed by atoms with Gasteiger partial charge in [-0.05, 0) is 48.4 Å². The smallest absolute Gasteiger partial charge is 0.220 e. The number of amides is 1. The molecule has 1 atom stereocenters. The van der Waals surface area contributed by atoms with Crippen molar-refractivity contribution in [3.63, 3.8) is 0 Å². The average molecular weight is 280 g/mol. The van der Waals surface area contributed by atoms with Crippen molar-refractivity contribution in [2.75, 3.05) is 0 Å². The van der Waals surface area contributed by atoms with Crippen LogP contribution in [-0.2, 0) is 17.6 Å². The van der Waals surface area contributed by atoms with Crippen LogP contribution in [0.1, 0.15) is 42.0 Å². The van der Waals surface area contributed by atoms with Crippen molar-refractivity contribution in [1.29, 1.82) is 0 Å². The van der Waals surface area contributed by atoms with E-state index < -0.39 is 0 Å². The molecule has 1 heterocycles. The molecule has 1 aromatic carbocycles. The van der Waals surface area contributed by atoms with E-state index in [0.29, 0.717) is 6.42 Å². The zero-order valence-electron chi connectivity index (χ0n) is 12.1. The summed E-state index contributed by atoms with van der Waals surface area (Å²) in [6.45, 7) is 0. The van der Waals surface area contributed by atoms with Gasteiger partial charge in [-0.15, -0.1) is 0 Å². The summed E-state index contributed by atoms with van der Waals surface area (Å²) in [7, 11) is 0. The number of nitrogens with one attached hydrogen (secondary N) is 1. The SMILES string of the molecule is O=C(CCc1cccnc1)N[C@H]1CCCc2ccccc21. The topological polar surface area (TPSA) is 42.0 Å². The van der Waals surface area contributed by atoms with Gasteiger partial charge in [0.1, 0.15) is 0 Å². The molecule has 1 N–H and O–H groups in total. The minimum atomic E-state index is 0.126. The van der Waals surface area contributed by atoms with Crippen LogP contribution in [0.25, 0.3) is 0 Å². The van der Waals surface area contributed by atoms with Gasteiger partial charge in [0.2, 0.25) is 5.91 Å². The molecule has 1 aliphatic rings. The fourth-order valence-corrected chi connectivity index (χ4v) is 2.97. The molecule has 21 heavy (non-hydrogen) atoms. The number of rotatable bonds is 4. The van der Waals surface area contributed by atoms with E-state index in [9.17, 15) is 4.79 Å². The lowest BCUT2D eigenvalue weighted by molar-refractivity contribution is -0.121. The van der Waals surface area contributed by atoms with Gasteiger partial charge in [-0.25, -0.2) is 0 Å². The first-order valence-electron chi connectivity index (χ1n) is 7.59. The Balaban J connectivity index is 1.58. The molecule has 2 aromatic rings. The first kappa shape index (κ1) is 13.8. The summed E-state index contributed by atoms with van der Waals surface area (Å²) >= 11 is 0. The van der Waals surface area contributed by atoms with Gasteiger partial charge in [0.05, 0.1) is 6.04 Å². The molecule has 0 saturated heterocycles. The van der Waals surface area contributed by atoms with Gasteiger partial charge in [-0.1, -0.05) is 30.3 Å². The van der Waals surface area contributed by atoms with Gasteiger partial charge in [0, 0.05) is 18.8 Å². The molecule has 3 rings (SSSR count). The standard InChI is InChI=1S/C18H20N2O/c21-18(11-10-14-5-4-12-19-13-14)20-17-9-3-7-15-6-1-2-8-16(15)17/h1-2,4-6,8,12-13,17H,3,7,9-11H2,(H,20,21)/t17-/m0/s1. The Hall–Kier alpha value is -2.16. The zero-order valence-corrected chi connectivity index (χ0v) is 12.1. The second-order valence-electron chi connectivity index (χ2n) is 5.57. The number of benzene rings is 1. The molecule has 108 valence electrons. The number of aryl methyl sites for hydroxylation is 2. The molecular formula is C18H20N2O. The van der Waals surface area contributed by atoms with Gasteiger partial charge in [-0.3, -0.25) is 9.78 Å². The molecule has 0 aliphatic heterocycles. The Morgan fingerprint density at radius 1 is 1.24 bits per heavy atom. The van der Waals surface area contributed by atoms with E-state index in [4.69, 9.17) is 0 Å². The Morgan fingerprint density at radius 2 is 2.14 bits per heavy atom. The highest BCUT2D eigenvalue weighted by Gasteiger charge is 2.20. The minimum Gasteiger partial charge on any atom is -0.349 e. The van der Waals surface area contributed by atoms with Crippen LogP contribution < -0.4 is 5.32 Å². The Kier molecular flexibility index (Phi) is 4.29. The number of hydrogen-bond acceptors (Lipinski definition) is 2. The second kappa shape index (κ2) is 6.53. The van der Waals surface area contributed by atoms with E-state index >= 15 is 0 Å². The summed E-state index contributed by atoms with van der Waals surface area (Å²) < 4.78 is 0. The Morgan fingerprint density at radius 3 is 3.00 bits per heavy atom. The van der Waals surface area contributed by atoms with Crippen LogP contribution in [0.4, 0.5) is 0 Å². The van der Waals surface area contributed by atoms with E-state index in [1.807, 2.05) is 18.3 Å². The van der Waals surface area contributed by atoms with Gasteiger partial charge in [0.15, 0.2) is 0 Å². The molecule has 0 saturated carbocycles. The predicted molar refractivity (Wildman–Crippen MR) is 82.8 cm³/mol. The molecule has 3 heteroatoms. The van der Waals surface area contributed by atoms with Crippen molar-refractivity contribution in [3.05, 3.63) is 65.5 Å². The first-order valence-corrected chi connectivity index (χ1v) is 7.59. The van der Waals surface area contributed by atoms with Gasteiger partial charge < -0.3 is 5.32 Å². The third-order valence-electron chi connectivity index (χ3n) is 4.07. The van der Waals surface area contributed by atoms with E-state index in [0.717, 1.165) is 31.2 Å². The summed E-state index contributed by atoms with van der Waals surface area (Å²) in [5, 5.41) is 3.19. The third kappa shape index (κ3) is 3.48. The molecule has 0 radical (unpaired) electrons. The van der Waals surface area contributed by atoms with Crippen LogP contribution in [0.2, 0.25) is 0 Å². The summed E-state index contributed by atoms with van der Waals surface area (Å²) in [6.07, 6.45) is 8.14. The highest BCUT2D eigenvalue weighted by molar-refractivity contribution is 5.76. The van der Waals surface area contributed by atoms with Crippen LogP contribution in [0, 0.1) is 0 Å². The Bertz CT molecular complexity index is 610. The van der Waals surface area contributed by atoms with Crippen LogP contribution in [0.5, 0.6) is 0 Å². The largest absolute Gasteiger partial charge is 0.349 e. The Labute approximate surface area is 125 Å². The van der Waals surface area contributed by atoms with Crippen molar-refractivity contribution < 1.29 is 4.79 Å². The van der Waals surface area contributed by atoms with Crippen molar-refractivity contribution in [2.24, 2.45) is 0 Å². The van der Waals surface area contributed by atoms with Crippen LogP contribution in [-0.4, -0.2) is 10.9 Å². The van der Waals surface area contributed by atoms with E-state index in [2.05, 4.69) is 34.6 Å². The molecule has 1 amide bonds. The fraction of sp³-hybridized carbons (Fsp3) is 0.333. The molecular weight excluding hydrogens is 260 g/mol. The van der Waals surface area contributed by atoms with Crippen LogP contribution in [0.15, 0.2) is 48.8 Å². The number of carbonyl (C=O) groups excluding carboxylic acids is 1. The maximum absolute atomic E-state index is 12.2. The van der Waals surface area contributed by atoms with Crippen molar-refractivity contribution in [1.82, 2.24) is 10.3 Å².